The van der Waals surface area contributed by atoms with E-state index in [4.69, 9.17) is 18.9 Å². The summed E-state index contributed by atoms with van der Waals surface area (Å²) < 4.78 is 21.7. The van der Waals surface area contributed by atoms with Gasteiger partial charge in [0.15, 0.2) is 11.5 Å². The fourth-order valence-corrected chi connectivity index (χ4v) is 3.78. The number of aromatic hydroxyl groups is 1. The predicted octanol–water partition coefficient (Wildman–Crippen LogP) is 3.48. The Hall–Kier alpha value is -2.60. The fraction of sp³-hybridized carbons (Fsp3) is 0.400. The van der Waals surface area contributed by atoms with Crippen molar-refractivity contribution in [2.24, 2.45) is 0 Å². The molecular weight excluding hydrogens is 334 g/mol. The number of hydrogen-bond donors (Lipinski definition) is 1. The topological polar surface area (TPSA) is 60.4 Å². The number of hydrogen-bond acceptors (Lipinski definition) is 6. The zero-order valence-corrected chi connectivity index (χ0v) is 15.0. The molecule has 2 aromatic carbocycles. The number of phenols is 1. The van der Waals surface area contributed by atoms with Gasteiger partial charge in [0.05, 0.1) is 14.2 Å². The van der Waals surface area contributed by atoms with Gasteiger partial charge in [0.2, 0.25) is 6.79 Å². The molecule has 1 atom stereocenters. The largest absolute Gasteiger partial charge is 0.507 e. The molecular formula is C20H23NO5. The Labute approximate surface area is 152 Å². The van der Waals surface area contributed by atoms with Crippen LogP contribution in [-0.2, 0) is 6.54 Å². The smallest absolute Gasteiger partial charge is 0.231 e. The molecule has 0 unspecified atom stereocenters. The monoisotopic (exact) mass is 357 g/mol. The van der Waals surface area contributed by atoms with Crippen LogP contribution in [0.15, 0.2) is 30.3 Å². The Morgan fingerprint density at radius 3 is 2.69 bits per heavy atom. The van der Waals surface area contributed by atoms with Crippen LogP contribution in [0.4, 0.5) is 0 Å². The fourth-order valence-electron chi connectivity index (χ4n) is 3.78. The molecule has 2 heterocycles. The van der Waals surface area contributed by atoms with E-state index in [0.717, 1.165) is 42.0 Å². The highest BCUT2D eigenvalue weighted by molar-refractivity contribution is 5.51. The van der Waals surface area contributed by atoms with Crippen LogP contribution in [0.5, 0.6) is 28.7 Å². The van der Waals surface area contributed by atoms with Gasteiger partial charge in [-0.2, -0.15) is 0 Å². The molecule has 0 amide bonds. The van der Waals surface area contributed by atoms with Crippen LogP contribution in [0.3, 0.4) is 0 Å². The van der Waals surface area contributed by atoms with E-state index in [2.05, 4.69) is 11.0 Å². The maximum Gasteiger partial charge on any atom is 0.231 e. The van der Waals surface area contributed by atoms with E-state index in [1.54, 1.807) is 20.3 Å². The van der Waals surface area contributed by atoms with Gasteiger partial charge in [-0.15, -0.1) is 0 Å². The number of methoxy groups -OCH3 is 2. The lowest BCUT2D eigenvalue weighted by molar-refractivity contribution is 0.173. The summed E-state index contributed by atoms with van der Waals surface area (Å²) in [6, 6.07) is 9.70. The summed E-state index contributed by atoms with van der Waals surface area (Å²) >= 11 is 0. The number of ether oxygens (including phenoxy) is 4. The Kier molecular flexibility index (Phi) is 4.51. The number of likely N-dealkylation sites (tertiary alicyclic amines) is 1. The van der Waals surface area contributed by atoms with E-state index in [-0.39, 0.29) is 18.6 Å². The highest BCUT2D eigenvalue weighted by Gasteiger charge is 2.30. The molecule has 6 heteroatoms. The molecule has 0 saturated carbocycles. The lowest BCUT2D eigenvalue weighted by Crippen LogP contribution is -2.23. The summed E-state index contributed by atoms with van der Waals surface area (Å²) in [6.45, 7) is 1.81. The van der Waals surface area contributed by atoms with Crippen molar-refractivity contribution in [3.05, 3.63) is 41.5 Å². The average molecular weight is 357 g/mol. The second-order valence-corrected chi connectivity index (χ2v) is 6.57. The van der Waals surface area contributed by atoms with Crippen molar-refractivity contribution in [2.75, 3.05) is 27.6 Å². The van der Waals surface area contributed by atoms with Crippen LogP contribution < -0.4 is 18.9 Å². The Bertz CT molecular complexity index is 807. The summed E-state index contributed by atoms with van der Waals surface area (Å²) in [5.41, 5.74) is 1.99. The lowest BCUT2D eigenvalue weighted by Gasteiger charge is -2.26. The van der Waals surface area contributed by atoms with Crippen LogP contribution in [0.25, 0.3) is 0 Å². The Morgan fingerprint density at radius 2 is 1.92 bits per heavy atom. The van der Waals surface area contributed by atoms with Gasteiger partial charge >= 0.3 is 0 Å². The molecule has 0 aromatic heterocycles. The van der Waals surface area contributed by atoms with Crippen molar-refractivity contribution in [1.82, 2.24) is 4.90 Å². The summed E-state index contributed by atoms with van der Waals surface area (Å²) in [6.07, 6.45) is 2.15. The summed E-state index contributed by atoms with van der Waals surface area (Å²) in [5.74, 6) is 3.14. The van der Waals surface area contributed by atoms with Crippen molar-refractivity contribution < 1.29 is 24.1 Å². The molecule has 2 aliphatic heterocycles. The number of nitrogens with zero attached hydrogens (tertiary/aromatic N) is 1. The van der Waals surface area contributed by atoms with Crippen LogP contribution in [0.1, 0.15) is 30.0 Å². The number of benzene rings is 2. The minimum Gasteiger partial charge on any atom is -0.507 e. The van der Waals surface area contributed by atoms with Gasteiger partial charge in [-0.3, -0.25) is 4.90 Å². The molecule has 26 heavy (non-hydrogen) atoms. The zero-order valence-electron chi connectivity index (χ0n) is 15.0. The van der Waals surface area contributed by atoms with E-state index in [1.165, 1.54) is 0 Å². The van der Waals surface area contributed by atoms with Gasteiger partial charge in [-0.1, -0.05) is 6.07 Å². The van der Waals surface area contributed by atoms with Crippen molar-refractivity contribution in [3.63, 3.8) is 0 Å². The second kappa shape index (κ2) is 6.96. The third-order valence-electron chi connectivity index (χ3n) is 5.11. The molecule has 138 valence electrons. The quantitative estimate of drug-likeness (QED) is 0.884. The third kappa shape index (κ3) is 3.01. The number of rotatable bonds is 5. The van der Waals surface area contributed by atoms with Gasteiger partial charge < -0.3 is 24.1 Å². The maximum atomic E-state index is 10.4. The number of fused-ring (bicyclic) bond motifs is 1. The summed E-state index contributed by atoms with van der Waals surface area (Å²) in [4.78, 5) is 2.36. The first-order valence-electron chi connectivity index (χ1n) is 8.77. The van der Waals surface area contributed by atoms with Gasteiger partial charge in [-0.25, -0.2) is 0 Å². The first-order valence-corrected chi connectivity index (χ1v) is 8.77. The van der Waals surface area contributed by atoms with E-state index in [9.17, 15) is 5.11 Å². The van der Waals surface area contributed by atoms with Crippen LogP contribution >= 0.6 is 0 Å². The van der Waals surface area contributed by atoms with Crippen molar-refractivity contribution in [2.45, 2.75) is 25.4 Å². The molecule has 1 N–H and O–H groups in total. The normalized spacial score (nSPS) is 18.9. The summed E-state index contributed by atoms with van der Waals surface area (Å²) in [5, 5.41) is 10.4. The summed E-state index contributed by atoms with van der Waals surface area (Å²) in [7, 11) is 3.33. The van der Waals surface area contributed by atoms with E-state index >= 15 is 0 Å². The first-order chi connectivity index (χ1) is 12.7. The molecule has 2 aromatic rings. The molecule has 6 nitrogen and oxygen atoms in total. The van der Waals surface area contributed by atoms with Gasteiger partial charge in [0.1, 0.15) is 17.2 Å². The minimum absolute atomic E-state index is 0.202. The molecule has 0 radical (unpaired) electrons. The van der Waals surface area contributed by atoms with Crippen LogP contribution in [-0.4, -0.2) is 37.6 Å². The minimum atomic E-state index is 0.202. The lowest BCUT2D eigenvalue weighted by atomic mass is 10.0. The molecule has 2 aliphatic rings. The van der Waals surface area contributed by atoms with Gasteiger partial charge in [-0.05, 0) is 31.5 Å². The molecule has 4 rings (SSSR count). The van der Waals surface area contributed by atoms with E-state index < -0.39 is 0 Å². The van der Waals surface area contributed by atoms with E-state index in [0.29, 0.717) is 18.0 Å². The van der Waals surface area contributed by atoms with Crippen molar-refractivity contribution in [3.8, 4) is 28.7 Å². The van der Waals surface area contributed by atoms with Crippen LogP contribution in [0.2, 0.25) is 0 Å². The zero-order chi connectivity index (χ0) is 18.1. The third-order valence-corrected chi connectivity index (χ3v) is 5.11. The predicted molar refractivity (Wildman–Crippen MR) is 96.2 cm³/mol. The van der Waals surface area contributed by atoms with Crippen LogP contribution in [0, 0.1) is 0 Å². The molecule has 1 saturated heterocycles. The van der Waals surface area contributed by atoms with Crippen molar-refractivity contribution in [1.29, 1.82) is 0 Å². The molecule has 0 spiro atoms. The van der Waals surface area contributed by atoms with Gasteiger partial charge in [0.25, 0.3) is 0 Å². The van der Waals surface area contributed by atoms with E-state index in [1.807, 2.05) is 18.2 Å². The van der Waals surface area contributed by atoms with Crippen molar-refractivity contribution >= 4 is 0 Å². The average Bonchev–Trinajstić information content (AvgIpc) is 3.30. The van der Waals surface area contributed by atoms with Gasteiger partial charge in [0, 0.05) is 35.8 Å². The molecule has 0 aliphatic carbocycles. The second-order valence-electron chi connectivity index (χ2n) is 6.57. The molecule has 1 fully saturated rings. The Morgan fingerprint density at radius 1 is 1.12 bits per heavy atom. The molecule has 0 bridgehead atoms. The first kappa shape index (κ1) is 16.8. The highest BCUT2D eigenvalue weighted by atomic mass is 16.7. The Balaban J connectivity index is 1.60. The maximum absolute atomic E-state index is 10.4. The standard InChI is InChI=1S/C20H23NO5/c1-23-14-5-6-15(18(9-14)24-2)16-4-3-7-21(16)11-13-8-19-20(10-17(13)22)26-12-25-19/h5-6,8-10,16,22H,3-4,7,11-12H2,1-2H3/t16-/m1/s1. The highest BCUT2D eigenvalue weighted by Crippen LogP contribution is 2.42. The number of phenolic OH excluding ortho intramolecular Hbond substituents is 1. The SMILES string of the molecule is COc1ccc([C@H]2CCCN2Cc2cc3c(cc2O)OCO3)c(OC)c1.